The van der Waals surface area contributed by atoms with Crippen molar-refractivity contribution in [3.63, 3.8) is 0 Å². The topological polar surface area (TPSA) is 59.2 Å². The second-order valence-electron chi connectivity index (χ2n) is 7.33. The van der Waals surface area contributed by atoms with E-state index >= 15 is 0 Å². The lowest BCUT2D eigenvalue weighted by atomic mass is 9.93. The van der Waals surface area contributed by atoms with E-state index in [9.17, 15) is 4.79 Å². The number of likely N-dealkylation sites (tertiary alicyclic amines) is 1. The third-order valence-corrected chi connectivity index (χ3v) is 5.56. The van der Waals surface area contributed by atoms with E-state index in [0.29, 0.717) is 5.92 Å². The van der Waals surface area contributed by atoms with Gasteiger partial charge in [-0.25, -0.2) is 4.98 Å². The summed E-state index contributed by atoms with van der Waals surface area (Å²) in [6.07, 6.45) is 11.8. The highest BCUT2D eigenvalue weighted by molar-refractivity contribution is 5.99. The molecule has 0 aliphatic carbocycles. The second kappa shape index (κ2) is 6.63. The Balaban J connectivity index is 1.41. The van der Waals surface area contributed by atoms with Gasteiger partial charge in [0.2, 0.25) is 5.91 Å². The Labute approximate surface area is 148 Å². The zero-order chi connectivity index (χ0) is 17.4. The number of carbonyl (C=O) groups is 1. The van der Waals surface area contributed by atoms with Crippen molar-refractivity contribution in [3.8, 4) is 0 Å². The molecule has 0 unspecified atom stereocenters. The summed E-state index contributed by atoms with van der Waals surface area (Å²) in [5, 5.41) is 4.20. The molecule has 2 aliphatic heterocycles. The lowest BCUT2D eigenvalue weighted by Gasteiger charge is -2.35. The number of imidazole rings is 1. The van der Waals surface area contributed by atoms with Gasteiger partial charge >= 0.3 is 0 Å². The fourth-order valence-corrected chi connectivity index (χ4v) is 4.21. The van der Waals surface area contributed by atoms with Gasteiger partial charge in [-0.15, -0.1) is 0 Å². The molecule has 1 amide bonds. The Morgan fingerprint density at radius 3 is 2.84 bits per heavy atom. The van der Waals surface area contributed by atoms with Gasteiger partial charge in [-0.05, 0) is 31.7 Å². The molecule has 0 spiro atoms. The molecule has 2 aromatic heterocycles. The average molecular weight is 342 g/mol. The molecule has 0 N–H and O–H groups in total. The van der Waals surface area contributed by atoms with E-state index in [4.69, 9.17) is 0 Å². The number of amides is 1. The maximum Gasteiger partial charge on any atom is 0.244 e. The predicted octanol–water partition coefficient (Wildman–Crippen LogP) is 1.21. The summed E-state index contributed by atoms with van der Waals surface area (Å²) in [4.78, 5) is 21.7. The third-order valence-electron chi connectivity index (χ3n) is 5.56. The summed E-state index contributed by atoms with van der Waals surface area (Å²) in [6.45, 7) is 2.80. The number of carbonyl (C=O) groups excluding carboxylic acids is 1. The zero-order valence-corrected chi connectivity index (χ0v) is 15.0. The van der Waals surface area contributed by atoms with Gasteiger partial charge in [0.05, 0.1) is 17.9 Å². The normalized spacial score (nSPS) is 25.0. The average Bonchev–Trinajstić information content (AvgIpc) is 3.29. The number of anilines is 1. The molecule has 7 nitrogen and oxygen atoms in total. The predicted molar refractivity (Wildman–Crippen MR) is 95.2 cm³/mol. The first-order valence-corrected chi connectivity index (χ1v) is 9.12. The van der Waals surface area contributed by atoms with Crippen molar-refractivity contribution in [3.05, 3.63) is 30.6 Å². The largest absolute Gasteiger partial charge is 0.338 e. The molecule has 0 radical (unpaired) electrons. The molecule has 2 aromatic rings. The van der Waals surface area contributed by atoms with Crippen LogP contribution in [0.4, 0.5) is 5.69 Å². The van der Waals surface area contributed by atoms with Crippen molar-refractivity contribution >= 4 is 11.6 Å². The number of piperidine rings is 1. The SMILES string of the molecule is Cn1cc(N2CC[C@@H](N3CCC[C@@H](Cc4nccn4C)C3)C2=O)cn1. The van der Waals surface area contributed by atoms with Gasteiger partial charge in [0, 0.05) is 52.2 Å². The molecule has 2 saturated heterocycles. The number of hydrogen-bond donors (Lipinski definition) is 0. The van der Waals surface area contributed by atoms with Gasteiger partial charge in [-0.3, -0.25) is 14.4 Å². The molecule has 0 aromatic carbocycles. The van der Waals surface area contributed by atoms with E-state index in [1.165, 1.54) is 6.42 Å². The minimum absolute atomic E-state index is 0.0179. The summed E-state index contributed by atoms with van der Waals surface area (Å²) in [7, 11) is 3.93. The van der Waals surface area contributed by atoms with Gasteiger partial charge in [0.1, 0.15) is 5.82 Å². The van der Waals surface area contributed by atoms with Crippen LogP contribution >= 0.6 is 0 Å². The highest BCUT2D eigenvalue weighted by Gasteiger charge is 2.38. The third kappa shape index (κ3) is 3.20. The minimum atomic E-state index is 0.0179. The molecule has 2 fully saturated rings. The molecule has 134 valence electrons. The lowest BCUT2D eigenvalue weighted by molar-refractivity contribution is -0.122. The van der Waals surface area contributed by atoms with E-state index < -0.39 is 0 Å². The molecule has 2 atom stereocenters. The van der Waals surface area contributed by atoms with Crippen LogP contribution in [0.3, 0.4) is 0 Å². The van der Waals surface area contributed by atoms with Crippen molar-refractivity contribution in [1.82, 2.24) is 24.2 Å². The van der Waals surface area contributed by atoms with Crippen molar-refractivity contribution in [1.29, 1.82) is 0 Å². The number of aryl methyl sites for hydroxylation is 2. The van der Waals surface area contributed by atoms with Gasteiger partial charge in [-0.1, -0.05) is 0 Å². The summed E-state index contributed by atoms with van der Waals surface area (Å²) < 4.78 is 3.85. The van der Waals surface area contributed by atoms with Crippen LogP contribution < -0.4 is 4.90 Å². The van der Waals surface area contributed by atoms with Gasteiger partial charge < -0.3 is 9.47 Å². The lowest BCUT2D eigenvalue weighted by Crippen LogP contribution is -2.47. The highest BCUT2D eigenvalue weighted by Crippen LogP contribution is 2.28. The van der Waals surface area contributed by atoms with E-state index in [-0.39, 0.29) is 11.9 Å². The van der Waals surface area contributed by atoms with Crippen LogP contribution in [-0.2, 0) is 25.3 Å². The van der Waals surface area contributed by atoms with Gasteiger partial charge in [0.25, 0.3) is 0 Å². The smallest absolute Gasteiger partial charge is 0.244 e. The maximum absolute atomic E-state index is 12.9. The molecule has 0 bridgehead atoms. The van der Waals surface area contributed by atoms with E-state index in [1.54, 1.807) is 10.9 Å². The van der Waals surface area contributed by atoms with Crippen LogP contribution in [0.1, 0.15) is 25.1 Å². The van der Waals surface area contributed by atoms with Crippen LogP contribution in [0, 0.1) is 5.92 Å². The summed E-state index contributed by atoms with van der Waals surface area (Å²) in [5.74, 6) is 1.95. The summed E-state index contributed by atoms with van der Waals surface area (Å²) in [6, 6.07) is 0.0179. The van der Waals surface area contributed by atoms with Crippen LogP contribution in [0.2, 0.25) is 0 Å². The van der Waals surface area contributed by atoms with Crippen LogP contribution in [0.15, 0.2) is 24.8 Å². The Morgan fingerprint density at radius 1 is 1.24 bits per heavy atom. The van der Waals surface area contributed by atoms with E-state index in [0.717, 1.165) is 50.4 Å². The van der Waals surface area contributed by atoms with Crippen LogP contribution in [-0.4, -0.2) is 55.8 Å². The summed E-state index contributed by atoms with van der Waals surface area (Å²) in [5.41, 5.74) is 0.913. The fourth-order valence-electron chi connectivity index (χ4n) is 4.21. The number of aromatic nitrogens is 4. The van der Waals surface area contributed by atoms with Crippen molar-refractivity contribution in [2.45, 2.75) is 31.7 Å². The van der Waals surface area contributed by atoms with Crippen molar-refractivity contribution in [2.24, 2.45) is 20.0 Å². The van der Waals surface area contributed by atoms with Gasteiger partial charge in [-0.2, -0.15) is 5.10 Å². The Kier molecular flexibility index (Phi) is 4.33. The molecule has 25 heavy (non-hydrogen) atoms. The van der Waals surface area contributed by atoms with Crippen molar-refractivity contribution in [2.75, 3.05) is 24.5 Å². The number of hydrogen-bond acceptors (Lipinski definition) is 4. The molecule has 0 saturated carbocycles. The molecular weight excluding hydrogens is 316 g/mol. The number of nitrogens with zero attached hydrogens (tertiary/aromatic N) is 6. The summed E-state index contributed by atoms with van der Waals surface area (Å²) >= 11 is 0. The van der Waals surface area contributed by atoms with Crippen molar-refractivity contribution < 1.29 is 4.79 Å². The highest BCUT2D eigenvalue weighted by atomic mass is 16.2. The molecule has 7 heteroatoms. The Bertz CT molecular complexity index is 750. The van der Waals surface area contributed by atoms with Crippen LogP contribution in [0.5, 0.6) is 0 Å². The fraction of sp³-hybridized carbons (Fsp3) is 0.611. The Hall–Kier alpha value is -2.15. The monoisotopic (exact) mass is 342 g/mol. The first kappa shape index (κ1) is 16.3. The molecule has 2 aliphatic rings. The second-order valence-corrected chi connectivity index (χ2v) is 7.33. The first-order chi connectivity index (χ1) is 12.1. The van der Waals surface area contributed by atoms with E-state index in [2.05, 4.69) is 26.6 Å². The molecule has 4 heterocycles. The first-order valence-electron chi connectivity index (χ1n) is 9.12. The Morgan fingerprint density at radius 2 is 2.12 bits per heavy atom. The number of rotatable bonds is 4. The molecular formula is C18H26N6O. The zero-order valence-electron chi connectivity index (χ0n) is 15.0. The maximum atomic E-state index is 12.9. The van der Waals surface area contributed by atoms with E-state index in [1.807, 2.05) is 30.5 Å². The standard InChI is InChI=1S/C18H26N6O/c1-21-9-6-19-17(21)10-14-4-3-7-23(12-14)16-5-8-24(18(16)25)15-11-20-22(2)13-15/h6,9,11,13-14,16H,3-5,7-8,10,12H2,1-2H3/t14-,16+/m0/s1. The molecule has 4 rings (SSSR count). The van der Waals surface area contributed by atoms with Gasteiger partial charge in [0.15, 0.2) is 0 Å². The van der Waals surface area contributed by atoms with Crippen LogP contribution in [0.25, 0.3) is 0 Å². The minimum Gasteiger partial charge on any atom is -0.338 e. The quantitative estimate of drug-likeness (QED) is 0.838.